The topological polar surface area (TPSA) is 79.6 Å². The number of ether oxygens (including phenoxy) is 2. The lowest BCUT2D eigenvalue weighted by Crippen LogP contribution is -2.27. The van der Waals surface area contributed by atoms with E-state index in [9.17, 15) is 14.9 Å². The summed E-state index contributed by atoms with van der Waals surface area (Å²) in [6.45, 7) is 2.45. The third kappa shape index (κ3) is 4.65. The molecule has 3 rings (SSSR count). The minimum Gasteiger partial charge on any atom is -0.490 e. The summed E-state index contributed by atoms with van der Waals surface area (Å²) in [4.78, 5) is 26.6. The molecule has 7 heteroatoms. The van der Waals surface area contributed by atoms with Gasteiger partial charge in [-0.3, -0.25) is 14.5 Å². The molecule has 0 radical (unpaired) electrons. The first-order valence-electron chi connectivity index (χ1n) is 9.13. The summed E-state index contributed by atoms with van der Waals surface area (Å²) < 4.78 is 11.1. The molecule has 0 unspecified atom stereocenters. The van der Waals surface area contributed by atoms with Gasteiger partial charge in [0.15, 0.2) is 11.5 Å². The Balaban J connectivity index is 1.84. The first kappa shape index (κ1) is 21.0. The maximum Gasteiger partial charge on any atom is 0.293 e. The number of imide groups is 1. The van der Waals surface area contributed by atoms with Gasteiger partial charge < -0.3 is 9.47 Å². The van der Waals surface area contributed by atoms with Gasteiger partial charge in [0.1, 0.15) is 6.61 Å². The fourth-order valence-corrected chi connectivity index (χ4v) is 3.68. The van der Waals surface area contributed by atoms with E-state index in [0.29, 0.717) is 39.7 Å². The van der Waals surface area contributed by atoms with Crippen LogP contribution in [0.3, 0.4) is 0 Å². The van der Waals surface area contributed by atoms with Crippen LogP contribution in [0.4, 0.5) is 4.79 Å². The van der Waals surface area contributed by atoms with Crippen LogP contribution in [0.1, 0.15) is 23.6 Å². The molecule has 150 valence electrons. The zero-order chi connectivity index (χ0) is 21.5. The highest BCUT2D eigenvalue weighted by Gasteiger charge is 2.35. The molecule has 1 fully saturated rings. The molecular weight excluding hydrogens is 400 g/mol. The van der Waals surface area contributed by atoms with Crippen LogP contribution in [0.25, 0.3) is 6.08 Å². The third-order valence-corrected chi connectivity index (χ3v) is 5.12. The number of nitriles is 1. The van der Waals surface area contributed by atoms with E-state index in [2.05, 4.69) is 12.0 Å². The van der Waals surface area contributed by atoms with Crippen LogP contribution in [0, 0.1) is 23.7 Å². The van der Waals surface area contributed by atoms with Crippen LogP contribution in [0.15, 0.2) is 47.4 Å². The molecule has 0 aliphatic carbocycles. The van der Waals surface area contributed by atoms with Gasteiger partial charge in [0.25, 0.3) is 11.1 Å². The molecule has 30 heavy (non-hydrogen) atoms. The molecule has 0 N–H and O–H groups in total. The Kier molecular flexibility index (Phi) is 6.79. The normalized spacial score (nSPS) is 14.5. The summed E-state index contributed by atoms with van der Waals surface area (Å²) in [6, 6.07) is 14.2. The van der Waals surface area contributed by atoms with Gasteiger partial charge in [-0.05, 0) is 54.1 Å². The molecule has 0 bridgehead atoms. The van der Waals surface area contributed by atoms with Crippen LogP contribution < -0.4 is 9.47 Å². The lowest BCUT2D eigenvalue weighted by atomic mass is 10.1. The number of thioether (sulfide) groups is 1. The van der Waals surface area contributed by atoms with Crippen molar-refractivity contribution in [2.24, 2.45) is 0 Å². The zero-order valence-corrected chi connectivity index (χ0v) is 17.1. The maximum absolute atomic E-state index is 12.8. The highest BCUT2D eigenvalue weighted by molar-refractivity contribution is 8.18. The van der Waals surface area contributed by atoms with Crippen LogP contribution in [0.2, 0.25) is 0 Å². The molecule has 0 aromatic heterocycles. The van der Waals surface area contributed by atoms with Crippen molar-refractivity contribution in [1.82, 2.24) is 4.90 Å². The van der Waals surface area contributed by atoms with Gasteiger partial charge in [0.05, 0.1) is 29.7 Å². The molecule has 6 nitrogen and oxygen atoms in total. The summed E-state index contributed by atoms with van der Waals surface area (Å²) in [7, 11) is 0. The first-order valence-corrected chi connectivity index (χ1v) is 9.95. The monoisotopic (exact) mass is 418 g/mol. The van der Waals surface area contributed by atoms with Gasteiger partial charge in [-0.2, -0.15) is 5.26 Å². The van der Waals surface area contributed by atoms with E-state index in [0.717, 1.165) is 16.7 Å². The van der Waals surface area contributed by atoms with Gasteiger partial charge in [-0.15, -0.1) is 6.42 Å². The molecule has 1 saturated heterocycles. The van der Waals surface area contributed by atoms with Gasteiger partial charge in [0.2, 0.25) is 0 Å². The van der Waals surface area contributed by atoms with Gasteiger partial charge in [-0.1, -0.05) is 30.2 Å². The van der Waals surface area contributed by atoms with E-state index in [1.165, 1.54) is 0 Å². The minimum atomic E-state index is -0.400. The number of hydrogen-bond acceptors (Lipinski definition) is 6. The number of hydrogen-bond donors (Lipinski definition) is 0. The van der Waals surface area contributed by atoms with Crippen molar-refractivity contribution >= 4 is 29.0 Å². The van der Waals surface area contributed by atoms with Crippen molar-refractivity contribution in [2.75, 3.05) is 13.2 Å². The van der Waals surface area contributed by atoms with Crippen LogP contribution in [0.5, 0.6) is 11.5 Å². The summed E-state index contributed by atoms with van der Waals surface area (Å²) in [6.07, 6.45) is 6.87. The zero-order valence-electron chi connectivity index (χ0n) is 16.3. The predicted molar refractivity (Wildman–Crippen MR) is 115 cm³/mol. The van der Waals surface area contributed by atoms with E-state index in [1.54, 1.807) is 48.5 Å². The highest BCUT2D eigenvalue weighted by atomic mass is 32.2. The standard InChI is InChI=1S/C23H18N2O4S/c1-3-11-29-19-10-9-16(12-20(19)28-4-2)13-21-22(26)25(23(27)30-21)15-18-8-6-5-7-17(18)14-24/h1,5-10,12-13H,4,11,15H2,2H3/b21-13+. The number of carbonyl (C=O) groups is 2. The van der Waals surface area contributed by atoms with Gasteiger partial charge in [0, 0.05) is 0 Å². The quantitative estimate of drug-likeness (QED) is 0.495. The Morgan fingerprint density at radius 1 is 1.17 bits per heavy atom. The van der Waals surface area contributed by atoms with E-state index in [-0.39, 0.29) is 18.4 Å². The summed E-state index contributed by atoms with van der Waals surface area (Å²) in [5.74, 6) is 3.01. The molecular formula is C23H18N2O4S. The maximum atomic E-state index is 12.8. The number of terminal acetylenes is 1. The number of benzene rings is 2. The van der Waals surface area contributed by atoms with E-state index < -0.39 is 5.91 Å². The van der Waals surface area contributed by atoms with Crippen molar-refractivity contribution in [3.05, 3.63) is 64.1 Å². The number of amides is 2. The van der Waals surface area contributed by atoms with Gasteiger partial charge >= 0.3 is 0 Å². The van der Waals surface area contributed by atoms with Crippen molar-refractivity contribution in [3.8, 4) is 29.9 Å². The van der Waals surface area contributed by atoms with Crippen molar-refractivity contribution in [1.29, 1.82) is 5.26 Å². The second-order valence-corrected chi connectivity index (χ2v) is 7.16. The van der Waals surface area contributed by atoms with Crippen LogP contribution >= 0.6 is 11.8 Å². The van der Waals surface area contributed by atoms with Crippen LogP contribution in [-0.2, 0) is 11.3 Å². The van der Waals surface area contributed by atoms with E-state index >= 15 is 0 Å². The predicted octanol–water partition coefficient (Wildman–Crippen LogP) is 4.21. The lowest BCUT2D eigenvalue weighted by Gasteiger charge is -2.13. The fraction of sp³-hybridized carbons (Fsp3) is 0.174. The molecule has 1 aliphatic rings. The summed E-state index contributed by atoms with van der Waals surface area (Å²) >= 11 is 0.864. The van der Waals surface area contributed by atoms with E-state index in [4.69, 9.17) is 15.9 Å². The van der Waals surface area contributed by atoms with Crippen LogP contribution in [-0.4, -0.2) is 29.3 Å². The average molecular weight is 418 g/mol. The van der Waals surface area contributed by atoms with Gasteiger partial charge in [-0.25, -0.2) is 0 Å². The number of carbonyl (C=O) groups excluding carboxylic acids is 2. The Labute approximate surface area is 179 Å². The largest absolute Gasteiger partial charge is 0.490 e. The average Bonchev–Trinajstić information content (AvgIpc) is 3.01. The Hall–Kier alpha value is -3.68. The van der Waals surface area contributed by atoms with Crippen molar-refractivity contribution < 1.29 is 19.1 Å². The minimum absolute atomic E-state index is 0.0504. The third-order valence-electron chi connectivity index (χ3n) is 4.22. The molecule has 0 spiro atoms. The molecule has 1 aliphatic heterocycles. The SMILES string of the molecule is C#CCOc1ccc(/C=C2/SC(=O)N(Cc3ccccc3C#N)C2=O)cc1OCC. The summed E-state index contributed by atoms with van der Waals surface area (Å²) in [5.41, 5.74) is 1.75. The molecule has 1 heterocycles. The smallest absolute Gasteiger partial charge is 0.293 e. The molecule has 2 amide bonds. The summed E-state index contributed by atoms with van der Waals surface area (Å²) in [5, 5.41) is 8.85. The van der Waals surface area contributed by atoms with E-state index in [1.807, 2.05) is 6.92 Å². The number of rotatable bonds is 7. The number of nitrogens with zero attached hydrogens (tertiary/aromatic N) is 2. The Morgan fingerprint density at radius 2 is 1.97 bits per heavy atom. The molecule has 0 saturated carbocycles. The molecule has 2 aromatic carbocycles. The molecule has 2 aromatic rings. The first-order chi connectivity index (χ1) is 14.6. The fourth-order valence-electron chi connectivity index (χ4n) is 2.85. The Bertz CT molecular complexity index is 1100. The lowest BCUT2D eigenvalue weighted by molar-refractivity contribution is -0.123. The molecule has 0 atom stereocenters. The second-order valence-electron chi connectivity index (χ2n) is 6.17. The second kappa shape index (κ2) is 9.69. The highest BCUT2D eigenvalue weighted by Crippen LogP contribution is 2.35. The Morgan fingerprint density at radius 3 is 2.70 bits per heavy atom. The van der Waals surface area contributed by atoms with Crippen molar-refractivity contribution in [3.63, 3.8) is 0 Å². The van der Waals surface area contributed by atoms with Crippen molar-refractivity contribution in [2.45, 2.75) is 13.5 Å².